The minimum atomic E-state index is -1.27. The standard InChI is InChI=1S/C14H16N2O3S3/c1-15-6-3-4-9(15)8-11-12(17)16(14(20)22-11)10(13(18)19)5-7-21-2/h3-4,6,8,10H,5,7H2,1-2H3,(H,18,19)/p-1/b11-8-/t10-/m1/s1. The maximum Gasteiger partial charge on any atom is 0.266 e. The molecule has 1 aliphatic rings. The van der Waals surface area contributed by atoms with Crippen molar-refractivity contribution < 1.29 is 14.7 Å². The number of carboxylic acid groups (broad SMARTS) is 1. The van der Waals surface area contributed by atoms with Crippen LogP contribution in [-0.4, -0.2) is 43.7 Å². The molecule has 2 heterocycles. The Bertz CT molecular complexity index is 639. The van der Waals surface area contributed by atoms with Crippen LogP contribution in [0.2, 0.25) is 0 Å². The zero-order valence-electron chi connectivity index (χ0n) is 12.1. The lowest BCUT2D eigenvalue weighted by atomic mass is 10.2. The number of nitrogens with zero attached hydrogens (tertiary/aromatic N) is 2. The predicted octanol–water partition coefficient (Wildman–Crippen LogP) is 1.10. The third-order valence-electron chi connectivity index (χ3n) is 3.27. The molecular weight excluding hydrogens is 340 g/mol. The summed E-state index contributed by atoms with van der Waals surface area (Å²) in [4.78, 5) is 25.5. The summed E-state index contributed by atoms with van der Waals surface area (Å²) in [6.07, 6.45) is 5.79. The first-order valence-electron chi connectivity index (χ1n) is 6.54. The number of thioether (sulfide) groups is 2. The van der Waals surface area contributed by atoms with Gasteiger partial charge in [-0.1, -0.05) is 24.0 Å². The molecule has 0 bridgehead atoms. The molecule has 1 aromatic heterocycles. The third-order valence-corrected chi connectivity index (χ3v) is 5.24. The number of hydrogen-bond acceptors (Lipinski definition) is 6. The van der Waals surface area contributed by atoms with Crippen LogP contribution in [0, 0.1) is 0 Å². The molecule has 0 saturated carbocycles. The van der Waals surface area contributed by atoms with E-state index in [1.165, 1.54) is 16.7 Å². The predicted molar refractivity (Wildman–Crippen MR) is 92.2 cm³/mol. The van der Waals surface area contributed by atoms with Crippen molar-refractivity contribution in [3.8, 4) is 0 Å². The van der Waals surface area contributed by atoms with Crippen molar-refractivity contribution in [2.24, 2.45) is 7.05 Å². The van der Waals surface area contributed by atoms with Crippen LogP contribution in [0.5, 0.6) is 0 Å². The number of aromatic nitrogens is 1. The van der Waals surface area contributed by atoms with Gasteiger partial charge in [-0.15, -0.1) is 0 Å². The molecule has 8 heteroatoms. The molecule has 1 atom stereocenters. The second-order valence-electron chi connectivity index (χ2n) is 4.71. The summed E-state index contributed by atoms with van der Waals surface area (Å²) in [6.45, 7) is 0. The van der Waals surface area contributed by atoms with Crippen molar-refractivity contribution in [3.05, 3.63) is 28.9 Å². The van der Waals surface area contributed by atoms with E-state index < -0.39 is 12.0 Å². The maximum atomic E-state index is 12.5. The molecular formula is C14H15N2O3S3-. The Kier molecular flexibility index (Phi) is 5.71. The lowest BCUT2D eigenvalue weighted by molar-refractivity contribution is -0.310. The van der Waals surface area contributed by atoms with Gasteiger partial charge in [-0.05, 0) is 36.6 Å². The maximum absolute atomic E-state index is 12.5. The van der Waals surface area contributed by atoms with Gasteiger partial charge in [0.1, 0.15) is 4.32 Å². The van der Waals surface area contributed by atoms with Gasteiger partial charge in [0.15, 0.2) is 0 Å². The van der Waals surface area contributed by atoms with Crippen molar-refractivity contribution in [2.45, 2.75) is 12.5 Å². The van der Waals surface area contributed by atoms with E-state index >= 15 is 0 Å². The Morgan fingerprint density at radius 2 is 2.32 bits per heavy atom. The molecule has 1 aliphatic heterocycles. The number of carboxylic acids is 1. The van der Waals surface area contributed by atoms with Crippen LogP contribution < -0.4 is 5.11 Å². The van der Waals surface area contributed by atoms with E-state index in [2.05, 4.69) is 0 Å². The summed E-state index contributed by atoms with van der Waals surface area (Å²) in [5, 5.41) is 11.4. The van der Waals surface area contributed by atoms with Crippen LogP contribution in [0.15, 0.2) is 23.2 Å². The van der Waals surface area contributed by atoms with E-state index in [1.54, 1.807) is 6.08 Å². The number of thiocarbonyl (C=S) groups is 1. The molecule has 1 saturated heterocycles. The second kappa shape index (κ2) is 7.34. The summed E-state index contributed by atoms with van der Waals surface area (Å²) < 4.78 is 2.14. The molecule has 0 aliphatic carbocycles. The minimum Gasteiger partial charge on any atom is -0.548 e. The highest BCUT2D eigenvalue weighted by molar-refractivity contribution is 8.26. The summed E-state index contributed by atoms with van der Waals surface area (Å²) in [7, 11) is 1.87. The Labute approximate surface area is 142 Å². The number of carbonyl (C=O) groups is 2. The van der Waals surface area contributed by atoms with Crippen LogP contribution in [0.4, 0.5) is 0 Å². The molecule has 1 fully saturated rings. The zero-order valence-corrected chi connectivity index (χ0v) is 14.6. The monoisotopic (exact) mass is 355 g/mol. The third kappa shape index (κ3) is 3.56. The molecule has 118 valence electrons. The Balaban J connectivity index is 2.26. The normalized spacial score (nSPS) is 18.3. The first-order valence-corrected chi connectivity index (χ1v) is 9.15. The zero-order chi connectivity index (χ0) is 16.3. The van der Waals surface area contributed by atoms with Gasteiger partial charge in [-0.2, -0.15) is 11.8 Å². The molecule has 0 N–H and O–H groups in total. The molecule has 22 heavy (non-hydrogen) atoms. The van der Waals surface area contributed by atoms with Crippen LogP contribution >= 0.6 is 35.7 Å². The summed E-state index contributed by atoms with van der Waals surface area (Å²) in [6, 6.07) is 2.73. The van der Waals surface area contributed by atoms with Crippen LogP contribution in [0.1, 0.15) is 12.1 Å². The van der Waals surface area contributed by atoms with E-state index in [0.29, 0.717) is 17.1 Å². The topological polar surface area (TPSA) is 65.4 Å². The van der Waals surface area contributed by atoms with E-state index in [9.17, 15) is 14.7 Å². The Hall–Kier alpha value is -1.25. The lowest BCUT2D eigenvalue weighted by Gasteiger charge is -2.27. The average Bonchev–Trinajstić information content (AvgIpc) is 2.97. The van der Waals surface area contributed by atoms with Gasteiger partial charge in [0.05, 0.1) is 16.9 Å². The average molecular weight is 355 g/mol. The van der Waals surface area contributed by atoms with Crippen LogP contribution in [0.3, 0.4) is 0 Å². The summed E-state index contributed by atoms with van der Waals surface area (Å²) in [5.41, 5.74) is 0.856. The van der Waals surface area contributed by atoms with Crippen molar-refractivity contribution in [1.82, 2.24) is 9.47 Å². The number of hydrogen-bond donors (Lipinski definition) is 0. The second-order valence-corrected chi connectivity index (χ2v) is 7.37. The molecule has 1 aromatic rings. The van der Waals surface area contributed by atoms with Gasteiger partial charge in [0.25, 0.3) is 5.91 Å². The first kappa shape index (κ1) is 17.1. The molecule has 1 amide bonds. The van der Waals surface area contributed by atoms with Gasteiger partial charge >= 0.3 is 0 Å². The van der Waals surface area contributed by atoms with Crippen molar-refractivity contribution in [2.75, 3.05) is 12.0 Å². The van der Waals surface area contributed by atoms with Crippen molar-refractivity contribution in [3.63, 3.8) is 0 Å². The highest BCUT2D eigenvalue weighted by atomic mass is 32.2. The molecule has 0 aromatic carbocycles. The van der Waals surface area contributed by atoms with Crippen LogP contribution in [0.25, 0.3) is 6.08 Å². The van der Waals surface area contributed by atoms with Crippen molar-refractivity contribution in [1.29, 1.82) is 0 Å². The Morgan fingerprint density at radius 1 is 1.59 bits per heavy atom. The largest absolute Gasteiger partial charge is 0.548 e. The molecule has 0 spiro atoms. The van der Waals surface area contributed by atoms with Gasteiger partial charge in [-0.3, -0.25) is 9.69 Å². The fourth-order valence-corrected chi connectivity index (χ4v) is 3.89. The summed E-state index contributed by atoms with van der Waals surface area (Å²) >= 11 is 7.84. The van der Waals surface area contributed by atoms with E-state index in [0.717, 1.165) is 17.5 Å². The Morgan fingerprint density at radius 3 is 2.86 bits per heavy atom. The van der Waals surface area contributed by atoms with Gasteiger partial charge < -0.3 is 14.5 Å². The number of carbonyl (C=O) groups excluding carboxylic acids is 2. The van der Waals surface area contributed by atoms with Gasteiger partial charge in [0, 0.05) is 18.9 Å². The highest BCUT2D eigenvalue weighted by Gasteiger charge is 2.37. The van der Waals surface area contributed by atoms with Crippen molar-refractivity contribution >= 4 is 58.0 Å². The van der Waals surface area contributed by atoms with E-state index in [1.807, 2.05) is 36.2 Å². The summed E-state index contributed by atoms with van der Waals surface area (Å²) in [5.74, 6) is -1.02. The van der Waals surface area contributed by atoms with Gasteiger partial charge in [-0.25, -0.2) is 0 Å². The number of rotatable bonds is 6. The number of amides is 1. The van der Waals surface area contributed by atoms with E-state index in [4.69, 9.17) is 12.2 Å². The quantitative estimate of drug-likeness (QED) is 0.562. The number of aryl methyl sites for hydroxylation is 1. The lowest BCUT2D eigenvalue weighted by Crippen LogP contribution is -2.50. The SMILES string of the molecule is CSCC[C@H](C(=O)[O-])N1C(=O)/C(=C/c2cccn2C)SC1=S. The molecule has 0 unspecified atom stereocenters. The van der Waals surface area contributed by atoms with E-state index in [-0.39, 0.29) is 10.2 Å². The number of aliphatic carboxylic acids is 1. The highest BCUT2D eigenvalue weighted by Crippen LogP contribution is 2.34. The van der Waals surface area contributed by atoms with Crippen LogP contribution in [-0.2, 0) is 16.6 Å². The fraction of sp³-hybridized carbons (Fsp3) is 0.357. The minimum absolute atomic E-state index is 0.265. The fourth-order valence-electron chi connectivity index (χ4n) is 2.09. The molecule has 0 radical (unpaired) electrons. The first-order chi connectivity index (χ1) is 10.5. The smallest absolute Gasteiger partial charge is 0.266 e. The molecule has 5 nitrogen and oxygen atoms in total. The van der Waals surface area contributed by atoms with Gasteiger partial charge in [0.2, 0.25) is 0 Å². The molecule has 2 rings (SSSR count).